The van der Waals surface area contributed by atoms with Crippen molar-refractivity contribution in [2.75, 3.05) is 39.3 Å². The SMILES string of the molecule is O=C(CN1CCNCC1)NCC1(O)CCC1. The van der Waals surface area contributed by atoms with E-state index in [9.17, 15) is 9.90 Å². The summed E-state index contributed by atoms with van der Waals surface area (Å²) in [6, 6.07) is 0. The van der Waals surface area contributed by atoms with Gasteiger partial charge in [0, 0.05) is 32.7 Å². The first-order valence-corrected chi connectivity index (χ1v) is 6.10. The van der Waals surface area contributed by atoms with Crippen molar-refractivity contribution >= 4 is 5.91 Å². The van der Waals surface area contributed by atoms with Gasteiger partial charge in [-0.15, -0.1) is 0 Å². The van der Waals surface area contributed by atoms with E-state index in [0.717, 1.165) is 45.4 Å². The van der Waals surface area contributed by atoms with Gasteiger partial charge in [-0.3, -0.25) is 9.69 Å². The molecule has 16 heavy (non-hydrogen) atoms. The largest absolute Gasteiger partial charge is 0.388 e. The van der Waals surface area contributed by atoms with Crippen LogP contribution in [0.3, 0.4) is 0 Å². The van der Waals surface area contributed by atoms with E-state index in [4.69, 9.17) is 0 Å². The molecule has 1 saturated carbocycles. The molecule has 0 radical (unpaired) electrons. The summed E-state index contributed by atoms with van der Waals surface area (Å²) in [7, 11) is 0. The fourth-order valence-electron chi connectivity index (χ4n) is 2.15. The monoisotopic (exact) mass is 227 g/mol. The molecule has 0 atom stereocenters. The zero-order valence-electron chi connectivity index (χ0n) is 9.67. The van der Waals surface area contributed by atoms with Crippen LogP contribution in [0.1, 0.15) is 19.3 Å². The van der Waals surface area contributed by atoms with Crippen molar-refractivity contribution in [3.05, 3.63) is 0 Å². The lowest BCUT2D eigenvalue weighted by Crippen LogP contribution is -2.51. The second-order valence-electron chi connectivity index (χ2n) is 4.88. The van der Waals surface area contributed by atoms with E-state index in [1.54, 1.807) is 0 Å². The van der Waals surface area contributed by atoms with Gasteiger partial charge in [0.1, 0.15) is 0 Å². The van der Waals surface area contributed by atoms with E-state index < -0.39 is 5.60 Å². The summed E-state index contributed by atoms with van der Waals surface area (Å²) in [5.41, 5.74) is -0.612. The van der Waals surface area contributed by atoms with Crippen molar-refractivity contribution in [2.24, 2.45) is 0 Å². The van der Waals surface area contributed by atoms with E-state index in [0.29, 0.717) is 13.1 Å². The highest BCUT2D eigenvalue weighted by Crippen LogP contribution is 2.30. The van der Waals surface area contributed by atoms with E-state index in [-0.39, 0.29) is 5.91 Å². The predicted octanol–water partition coefficient (Wildman–Crippen LogP) is -1.08. The van der Waals surface area contributed by atoms with Crippen molar-refractivity contribution in [3.63, 3.8) is 0 Å². The highest BCUT2D eigenvalue weighted by atomic mass is 16.3. The summed E-state index contributed by atoms with van der Waals surface area (Å²) in [5, 5.41) is 15.9. The van der Waals surface area contributed by atoms with E-state index in [1.165, 1.54) is 0 Å². The van der Waals surface area contributed by atoms with Gasteiger partial charge in [0.15, 0.2) is 0 Å². The minimum atomic E-state index is -0.612. The number of nitrogens with zero attached hydrogens (tertiary/aromatic N) is 1. The lowest BCUT2D eigenvalue weighted by Gasteiger charge is -2.36. The molecule has 0 aromatic carbocycles. The van der Waals surface area contributed by atoms with Gasteiger partial charge in [-0.2, -0.15) is 0 Å². The van der Waals surface area contributed by atoms with Crippen LogP contribution in [0.5, 0.6) is 0 Å². The molecule has 1 amide bonds. The Morgan fingerprint density at radius 3 is 2.62 bits per heavy atom. The lowest BCUT2D eigenvalue weighted by atomic mass is 9.80. The molecule has 0 spiro atoms. The molecule has 92 valence electrons. The second kappa shape index (κ2) is 5.12. The Kier molecular flexibility index (Phi) is 3.78. The average molecular weight is 227 g/mol. The number of aliphatic hydroxyl groups is 1. The van der Waals surface area contributed by atoms with Crippen LogP contribution in [0.25, 0.3) is 0 Å². The zero-order chi connectivity index (χ0) is 11.4. The first-order valence-electron chi connectivity index (χ1n) is 6.10. The molecule has 1 saturated heterocycles. The van der Waals surface area contributed by atoms with Gasteiger partial charge in [-0.05, 0) is 19.3 Å². The summed E-state index contributed by atoms with van der Waals surface area (Å²) in [5.74, 6) is 0.0298. The molecule has 1 aliphatic heterocycles. The number of carbonyl (C=O) groups is 1. The fraction of sp³-hybridized carbons (Fsp3) is 0.909. The molecule has 0 unspecified atom stereocenters. The molecule has 5 nitrogen and oxygen atoms in total. The number of amides is 1. The molecule has 2 rings (SSSR count). The van der Waals surface area contributed by atoms with Crippen LogP contribution in [-0.2, 0) is 4.79 Å². The van der Waals surface area contributed by atoms with Crippen LogP contribution in [0.4, 0.5) is 0 Å². The Morgan fingerprint density at radius 2 is 2.06 bits per heavy atom. The van der Waals surface area contributed by atoms with Crippen molar-refractivity contribution in [1.82, 2.24) is 15.5 Å². The van der Waals surface area contributed by atoms with Gasteiger partial charge < -0.3 is 15.7 Å². The molecule has 1 aliphatic carbocycles. The fourth-order valence-corrected chi connectivity index (χ4v) is 2.15. The van der Waals surface area contributed by atoms with Crippen LogP contribution in [-0.4, -0.2) is 60.8 Å². The molecular formula is C11H21N3O2. The smallest absolute Gasteiger partial charge is 0.234 e. The Labute approximate surface area is 96.2 Å². The van der Waals surface area contributed by atoms with Gasteiger partial charge >= 0.3 is 0 Å². The van der Waals surface area contributed by atoms with Crippen molar-refractivity contribution < 1.29 is 9.90 Å². The molecule has 1 heterocycles. The van der Waals surface area contributed by atoms with Gasteiger partial charge in [0.2, 0.25) is 5.91 Å². The number of piperazine rings is 1. The third kappa shape index (κ3) is 3.17. The van der Waals surface area contributed by atoms with Crippen molar-refractivity contribution in [3.8, 4) is 0 Å². The quantitative estimate of drug-likeness (QED) is 0.572. The van der Waals surface area contributed by atoms with Crippen LogP contribution >= 0.6 is 0 Å². The number of hydrogen-bond donors (Lipinski definition) is 3. The van der Waals surface area contributed by atoms with Crippen LogP contribution < -0.4 is 10.6 Å². The van der Waals surface area contributed by atoms with Gasteiger partial charge in [0.05, 0.1) is 12.1 Å². The zero-order valence-corrected chi connectivity index (χ0v) is 9.67. The highest BCUT2D eigenvalue weighted by molar-refractivity contribution is 5.78. The first-order chi connectivity index (χ1) is 7.68. The molecule has 0 aromatic rings. The number of nitrogens with one attached hydrogen (secondary N) is 2. The van der Waals surface area contributed by atoms with E-state index in [1.807, 2.05) is 0 Å². The van der Waals surface area contributed by atoms with Gasteiger partial charge in [-0.25, -0.2) is 0 Å². The van der Waals surface area contributed by atoms with E-state index >= 15 is 0 Å². The van der Waals surface area contributed by atoms with Gasteiger partial charge in [0.25, 0.3) is 0 Å². The maximum absolute atomic E-state index is 11.6. The first kappa shape index (κ1) is 11.8. The van der Waals surface area contributed by atoms with Crippen LogP contribution in [0.15, 0.2) is 0 Å². The molecule has 2 aliphatic rings. The summed E-state index contributed by atoms with van der Waals surface area (Å²) < 4.78 is 0. The Bertz CT molecular complexity index is 248. The topological polar surface area (TPSA) is 64.6 Å². The molecule has 5 heteroatoms. The summed E-state index contributed by atoms with van der Waals surface area (Å²) in [6.07, 6.45) is 2.71. The molecule has 3 N–H and O–H groups in total. The summed E-state index contributed by atoms with van der Waals surface area (Å²) >= 11 is 0. The third-order valence-corrected chi connectivity index (χ3v) is 3.48. The molecule has 0 bridgehead atoms. The average Bonchev–Trinajstić information content (AvgIpc) is 2.25. The third-order valence-electron chi connectivity index (χ3n) is 3.48. The second-order valence-corrected chi connectivity index (χ2v) is 4.88. The van der Waals surface area contributed by atoms with E-state index in [2.05, 4.69) is 15.5 Å². The van der Waals surface area contributed by atoms with Crippen molar-refractivity contribution in [1.29, 1.82) is 0 Å². The number of carbonyl (C=O) groups excluding carboxylic acids is 1. The number of hydrogen-bond acceptors (Lipinski definition) is 4. The van der Waals surface area contributed by atoms with Crippen LogP contribution in [0.2, 0.25) is 0 Å². The number of rotatable bonds is 4. The predicted molar refractivity (Wildman–Crippen MR) is 61.1 cm³/mol. The minimum Gasteiger partial charge on any atom is -0.388 e. The Hall–Kier alpha value is -0.650. The summed E-state index contributed by atoms with van der Waals surface area (Å²) in [4.78, 5) is 13.7. The summed E-state index contributed by atoms with van der Waals surface area (Å²) in [6.45, 7) is 4.64. The standard InChI is InChI=1S/C11H21N3O2/c15-10(8-14-6-4-12-5-7-14)13-9-11(16)2-1-3-11/h12,16H,1-9H2,(H,13,15). The maximum Gasteiger partial charge on any atom is 0.234 e. The Morgan fingerprint density at radius 1 is 1.38 bits per heavy atom. The van der Waals surface area contributed by atoms with Crippen molar-refractivity contribution in [2.45, 2.75) is 24.9 Å². The minimum absolute atomic E-state index is 0.0298. The lowest BCUT2D eigenvalue weighted by molar-refractivity contribution is -0.124. The molecule has 2 fully saturated rings. The molecule has 0 aromatic heterocycles. The molecular weight excluding hydrogens is 206 g/mol. The van der Waals surface area contributed by atoms with Crippen LogP contribution in [0, 0.1) is 0 Å². The Balaban J connectivity index is 1.63. The normalized spacial score (nSPS) is 24.8. The van der Waals surface area contributed by atoms with Gasteiger partial charge in [-0.1, -0.05) is 0 Å². The maximum atomic E-state index is 11.6. The highest BCUT2D eigenvalue weighted by Gasteiger charge is 2.34.